The number of alkyl halides is 3. The fraction of sp³-hybridized carbons (Fsp3) is 0.176. The van der Waals surface area contributed by atoms with Crippen LogP contribution < -0.4 is 5.32 Å². The summed E-state index contributed by atoms with van der Waals surface area (Å²) in [4.78, 5) is 16.4. The van der Waals surface area contributed by atoms with Gasteiger partial charge in [0.25, 0.3) is 0 Å². The highest BCUT2D eigenvalue weighted by atomic mass is 79.9. The molecule has 1 aliphatic rings. The van der Waals surface area contributed by atoms with E-state index >= 15 is 0 Å². The molecule has 130 valence electrons. The van der Waals surface area contributed by atoms with Crippen LogP contribution in [0.2, 0.25) is 0 Å². The first-order valence-electron chi connectivity index (χ1n) is 7.29. The summed E-state index contributed by atoms with van der Waals surface area (Å²) < 4.78 is 39.3. The van der Waals surface area contributed by atoms with Gasteiger partial charge in [0.1, 0.15) is 0 Å². The Morgan fingerprint density at radius 1 is 1.16 bits per heavy atom. The number of aliphatic imine (C=N–C) groups is 1. The van der Waals surface area contributed by atoms with Crippen LogP contribution >= 0.6 is 27.7 Å². The van der Waals surface area contributed by atoms with Gasteiger partial charge in [-0.1, -0.05) is 45.9 Å². The number of halogens is 4. The van der Waals surface area contributed by atoms with Crippen LogP contribution in [0.3, 0.4) is 0 Å². The first kappa shape index (κ1) is 18.0. The molecule has 0 radical (unpaired) electrons. The molecule has 1 N–H and O–H groups in total. The van der Waals surface area contributed by atoms with Crippen LogP contribution in [-0.2, 0) is 17.4 Å². The summed E-state index contributed by atoms with van der Waals surface area (Å²) in [6.45, 7) is 0. The second-order valence-electron chi connectivity index (χ2n) is 5.39. The molecule has 8 heteroatoms. The first-order chi connectivity index (χ1) is 11.8. The zero-order chi connectivity index (χ0) is 18.0. The van der Waals surface area contributed by atoms with Crippen molar-refractivity contribution in [2.24, 2.45) is 4.99 Å². The molecule has 0 bridgehead atoms. The summed E-state index contributed by atoms with van der Waals surface area (Å²) in [5, 5.41) is 2.62. The Kier molecular flexibility index (Phi) is 5.19. The van der Waals surface area contributed by atoms with Crippen molar-refractivity contribution < 1.29 is 18.0 Å². The minimum Gasteiger partial charge on any atom is -0.304 e. The molecule has 2 aromatic rings. The molecule has 0 spiro atoms. The molecule has 0 unspecified atom stereocenters. The number of benzene rings is 2. The van der Waals surface area contributed by atoms with Crippen molar-refractivity contribution in [1.29, 1.82) is 0 Å². The molecule has 0 saturated carbocycles. The average molecular weight is 429 g/mol. The van der Waals surface area contributed by atoms with Gasteiger partial charge < -0.3 is 5.32 Å². The molecular formula is C17H12BrF3N2OS. The minimum atomic E-state index is -4.39. The number of nitrogens with zero attached hydrogens (tertiary/aromatic N) is 1. The standard InChI is InChI=1S/C17H12BrF3N2OS/c18-12-4-6-13(7-5-12)22-16-23-15(24)14(25-16)9-10-2-1-3-11(8-10)17(19,20)21/h1-8,14H,9H2,(H,22,23,24)/t14-/m0/s1. The van der Waals surface area contributed by atoms with Crippen LogP contribution in [0, 0.1) is 0 Å². The Labute approximate surface area is 154 Å². The fourth-order valence-corrected chi connectivity index (χ4v) is 3.61. The maximum atomic E-state index is 12.8. The van der Waals surface area contributed by atoms with E-state index in [4.69, 9.17) is 0 Å². The SMILES string of the molecule is O=C1NC(=Nc2ccc(Br)cc2)S[C@H]1Cc1cccc(C(F)(F)F)c1. The maximum absolute atomic E-state index is 12.8. The summed E-state index contributed by atoms with van der Waals surface area (Å²) in [7, 11) is 0. The van der Waals surface area contributed by atoms with Crippen molar-refractivity contribution in [2.75, 3.05) is 0 Å². The van der Waals surface area contributed by atoms with E-state index in [1.807, 2.05) is 12.1 Å². The normalized spacial score (nSPS) is 19.3. The lowest BCUT2D eigenvalue weighted by molar-refractivity contribution is -0.137. The van der Waals surface area contributed by atoms with Gasteiger partial charge in [0, 0.05) is 4.47 Å². The third-order valence-corrected chi connectivity index (χ3v) is 5.12. The lowest BCUT2D eigenvalue weighted by atomic mass is 10.1. The molecule has 3 rings (SSSR count). The van der Waals surface area contributed by atoms with Gasteiger partial charge in [-0.2, -0.15) is 13.2 Å². The highest BCUT2D eigenvalue weighted by molar-refractivity contribution is 9.10. The highest BCUT2D eigenvalue weighted by Gasteiger charge is 2.33. The van der Waals surface area contributed by atoms with Crippen molar-refractivity contribution in [3.05, 3.63) is 64.1 Å². The highest BCUT2D eigenvalue weighted by Crippen LogP contribution is 2.31. The Morgan fingerprint density at radius 3 is 2.56 bits per heavy atom. The van der Waals surface area contributed by atoms with Gasteiger partial charge in [-0.25, -0.2) is 4.99 Å². The van der Waals surface area contributed by atoms with Gasteiger partial charge in [-0.05, 0) is 42.3 Å². The quantitative estimate of drug-likeness (QED) is 0.752. The van der Waals surface area contributed by atoms with Crippen LogP contribution in [0.1, 0.15) is 11.1 Å². The third kappa shape index (κ3) is 4.64. The Balaban J connectivity index is 1.72. The molecule has 1 heterocycles. The summed E-state index contributed by atoms with van der Waals surface area (Å²) in [5.74, 6) is -0.252. The molecule has 1 atom stereocenters. The van der Waals surface area contributed by atoms with Crippen molar-refractivity contribution in [2.45, 2.75) is 17.8 Å². The predicted molar refractivity (Wildman–Crippen MR) is 95.9 cm³/mol. The number of thioether (sulfide) groups is 1. The van der Waals surface area contributed by atoms with E-state index < -0.39 is 17.0 Å². The van der Waals surface area contributed by atoms with E-state index in [1.54, 1.807) is 18.2 Å². The number of hydrogen-bond donors (Lipinski definition) is 1. The van der Waals surface area contributed by atoms with E-state index in [2.05, 4.69) is 26.2 Å². The number of amidine groups is 1. The van der Waals surface area contributed by atoms with Crippen LogP contribution in [0.25, 0.3) is 0 Å². The number of hydrogen-bond acceptors (Lipinski definition) is 3. The third-order valence-electron chi connectivity index (χ3n) is 3.51. The van der Waals surface area contributed by atoms with Crippen molar-refractivity contribution in [3.8, 4) is 0 Å². The number of carbonyl (C=O) groups is 1. The predicted octanol–water partition coefficient (Wildman–Crippen LogP) is 4.93. The van der Waals surface area contributed by atoms with Gasteiger partial charge in [0.15, 0.2) is 5.17 Å². The lowest BCUT2D eigenvalue weighted by Crippen LogP contribution is -2.26. The average Bonchev–Trinajstić information content (AvgIpc) is 2.88. The molecule has 1 aliphatic heterocycles. The van der Waals surface area contributed by atoms with Gasteiger partial charge in [0.2, 0.25) is 5.91 Å². The lowest BCUT2D eigenvalue weighted by Gasteiger charge is -2.10. The van der Waals surface area contributed by atoms with E-state index in [1.165, 1.54) is 17.8 Å². The first-order valence-corrected chi connectivity index (χ1v) is 8.96. The smallest absolute Gasteiger partial charge is 0.304 e. The zero-order valence-electron chi connectivity index (χ0n) is 12.7. The van der Waals surface area contributed by atoms with Crippen LogP contribution in [0.15, 0.2) is 58.0 Å². The fourth-order valence-electron chi connectivity index (χ4n) is 2.31. The largest absolute Gasteiger partial charge is 0.416 e. The van der Waals surface area contributed by atoms with Gasteiger partial charge >= 0.3 is 6.18 Å². The maximum Gasteiger partial charge on any atom is 0.416 e. The summed E-state index contributed by atoms with van der Waals surface area (Å²) in [6.07, 6.45) is -4.19. The topological polar surface area (TPSA) is 41.5 Å². The Morgan fingerprint density at radius 2 is 1.88 bits per heavy atom. The summed E-state index contributed by atoms with van der Waals surface area (Å²) in [6, 6.07) is 12.3. The number of rotatable bonds is 3. The van der Waals surface area contributed by atoms with Crippen LogP contribution in [0.5, 0.6) is 0 Å². The molecule has 1 saturated heterocycles. The molecule has 1 amide bonds. The van der Waals surface area contributed by atoms with Crippen molar-refractivity contribution in [1.82, 2.24) is 5.32 Å². The molecule has 3 nitrogen and oxygen atoms in total. The van der Waals surface area contributed by atoms with Crippen molar-refractivity contribution >= 4 is 44.5 Å². The second kappa shape index (κ2) is 7.21. The Hall–Kier alpha value is -1.80. The van der Waals surface area contributed by atoms with Gasteiger partial charge in [-0.3, -0.25) is 4.79 Å². The van der Waals surface area contributed by atoms with Gasteiger partial charge in [-0.15, -0.1) is 0 Å². The van der Waals surface area contributed by atoms with Gasteiger partial charge in [0.05, 0.1) is 16.5 Å². The number of amides is 1. The zero-order valence-corrected chi connectivity index (χ0v) is 15.1. The molecule has 0 aromatic heterocycles. The summed E-state index contributed by atoms with van der Waals surface area (Å²) >= 11 is 4.55. The molecule has 0 aliphatic carbocycles. The molecule has 25 heavy (non-hydrogen) atoms. The minimum absolute atomic E-state index is 0.208. The molecule has 1 fully saturated rings. The molecule has 2 aromatic carbocycles. The van der Waals surface area contributed by atoms with E-state index in [0.29, 0.717) is 16.4 Å². The Bertz CT molecular complexity index is 821. The van der Waals surface area contributed by atoms with Crippen LogP contribution in [0.4, 0.5) is 18.9 Å². The molecular weight excluding hydrogens is 417 g/mol. The van der Waals surface area contributed by atoms with E-state index in [9.17, 15) is 18.0 Å². The van der Waals surface area contributed by atoms with Crippen LogP contribution in [-0.4, -0.2) is 16.3 Å². The van der Waals surface area contributed by atoms with Crippen molar-refractivity contribution in [3.63, 3.8) is 0 Å². The summed E-state index contributed by atoms with van der Waals surface area (Å²) in [5.41, 5.74) is 0.440. The number of carbonyl (C=O) groups excluding carboxylic acids is 1. The van der Waals surface area contributed by atoms with E-state index in [-0.39, 0.29) is 12.3 Å². The van der Waals surface area contributed by atoms with E-state index in [0.717, 1.165) is 16.6 Å². The monoisotopic (exact) mass is 428 g/mol. The second-order valence-corrected chi connectivity index (χ2v) is 7.50. The number of nitrogens with one attached hydrogen (secondary N) is 1.